The van der Waals surface area contributed by atoms with Crippen molar-refractivity contribution in [2.45, 2.75) is 6.42 Å². The molecular weight excluding hydrogens is 292 g/mol. The number of amides is 1. The van der Waals surface area contributed by atoms with E-state index in [1.54, 1.807) is 30.5 Å². The summed E-state index contributed by atoms with van der Waals surface area (Å²) in [5, 5.41) is 12.4. The number of phenolic OH excluding ortho intramolecular Hbond substituents is 1. The summed E-state index contributed by atoms with van der Waals surface area (Å²) in [4.78, 5) is 23.9. The predicted molar refractivity (Wildman–Crippen MR) is 85.0 cm³/mol. The topological polar surface area (TPSA) is 90.9 Å². The Morgan fingerprint density at radius 2 is 2.09 bits per heavy atom. The Balaban J connectivity index is 1.76. The summed E-state index contributed by atoms with van der Waals surface area (Å²) in [6.07, 6.45) is 2.45. The maximum atomic E-state index is 11.9. The fraction of sp³-hybridized carbons (Fsp3) is 0.118. The highest BCUT2D eigenvalue weighted by Gasteiger charge is 2.20. The van der Waals surface area contributed by atoms with Gasteiger partial charge in [-0.3, -0.25) is 4.79 Å². The average Bonchev–Trinajstić information content (AvgIpc) is 3.01. The SMILES string of the molecule is O=C1NCCc2[nH]c(-c3ccnc(-c4cccc(O)c4)n3)cc21. The Bertz CT molecular complexity index is 901. The zero-order valence-corrected chi connectivity index (χ0v) is 12.2. The van der Waals surface area contributed by atoms with E-state index in [-0.39, 0.29) is 11.7 Å². The van der Waals surface area contributed by atoms with Gasteiger partial charge in [-0.25, -0.2) is 9.97 Å². The summed E-state index contributed by atoms with van der Waals surface area (Å²) in [7, 11) is 0. The Kier molecular flexibility index (Phi) is 3.08. The largest absolute Gasteiger partial charge is 0.508 e. The molecule has 4 rings (SSSR count). The molecule has 3 aromatic rings. The van der Waals surface area contributed by atoms with Gasteiger partial charge in [-0.1, -0.05) is 12.1 Å². The highest BCUT2D eigenvalue weighted by atomic mass is 16.3. The van der Waals surface area contributed by atoms with Crippen molar-refractivity contribution in [2.75, 3.05) is 6.54 Å². The van der Waals surface area contributed by atoms with Crippen LogP contribution in [-0.4, -0.2) is 32.5 Å². The molecule has 0 unspecified atom stereocenters. The van der Waals surface area contributed by atoms with Gasteiger partial charge in [0.1, 0.15) is 5.75 Å². The van der Waals surface area contributed by atoms with E-state index in [4.69, 9.17) is 0 Å². The van der Waals surface area contributed by atoms with Gasteiger partial charge < -0.3 is 15.4 Å². The van der Waals surface area contributed by atoms with Gasteiger partial charge in [0.15, 0.2) is 5.82 Å². The Labute approximate surface area is 132 Å². The third-order valence-corrected chi connectivity index (χ3v) is 3.84. The van der Waals surface area contributed by atoms with Gasteiger partial charge in [-0.05, 0) is 24.3 Å². The van der Waals surface area contributed by atoms with Crippen LogP contribution >= 0.6 is 0 Å². The lowest BCUT2D eigenvalue weighted by atomic mass is 10.1. The monoisotopic (exact) mass is 306 g/mol. The van der Waals surface area contributed by atoms with Crippen LogP contribution in [0, 0.1) is 0 Å². The van der Waals surface area contributed by atoms with Crippen molar-refractivity contribution in [1.82, 2.24) is 20.3 Å². The van der Waals surface area contributed by atoms with E-state index >= 15 is 0 Å². The molecule has 0 radical (unpaired) electrons. The molecule has 23 heavy (non-hydrogen) atoms. The van der Waals surface area contributed by atoms with Crippen LogP contribution in [0.25, 0.3) is 22.8 Å². The number of phenols is 1. The number of nitrogens with zero attached hydrogens (tertiary/aromatic N) is 2. The maximum absolute atomic E-state index is 11.9. The quantitative estimate of drug-likeness (QED) is 0.676. The number of aromatic nitrogens is 3. The number of rotatable bonds is 2. The molecule has 114 valence electrons. The maximum Gasteiger partial charge on any atom is 0.253 e. The lowest BCUT2D eigenvalue weighted by molar-refractivity contribution is 0.0946. The van der Waals surface area contributed by atoms with Gasteiger partial charge in [-0.15, -0.1) is 0 Å². The summed E-state index contributed by atoms with van der Waals surface area (Å²) in [6, 6.07) is 10.4. The fourth-order valence-electron chi connectivity index (χ4n) is 2.72. The zero-order valence-electron chi connectivity index (χ0n) is 12.2. The average molecular weight is 306 g/mol. The number of nitrogens with one attached hydrogen (secondary N) is 2. The number of carbonyl (C=O) groups is 1. The molecule has 1 aliphatic heterocycles. The van der Waals surface area contributed by atoms with Crippen LogP contribution in [0.5, 0.6) is 5.75 Å². The van der Waals surface area contributed by atoms with Crippen molar-refractivity contribution < 1.29 is 9.90 Å². The van der Waals surface area contributed by atoms with Crippen LogP contribution in [-0.2, 0) is 6.42 Å². The van der Waals surface area contributed by atoms with Gasteiger partial charge >= 0.3 is 0 Å². The summed E-state index contributed by atoms with van der Waals surface area (Å²) in [5.74, 6) is 0.634. The lowest BCUT2D eigenvalue weighted by Gasteiger charge is -2.10. The smallest absolute Gasteiger partial charge is 0.253 e. The van der Waals surface area contributed by atoms with Crippen LogP contribution in [0.4, 0.5) is 0 Å². The second-order valence-corrected chi connectivity index (χ2v) is 5.40. The molecule has 0 spiro atoms. The van der Waals surface area contributed by atoms with Crippen molar-refractivity contribution in [3.05, 3.63) is 53.9 Å². The minimum atomic E-state index is -0.0592. The second kappa shape index (κ2) is 5.24. The lowest BCUT2D eigenvalue weighted by Crippen LogP contribution is -2.31. The van der Waals surface area contributed by atoms with Crippen LogP contribution in [0.3, 0.4) is 0 Å². The van der Waals surface area contributed by atoms with Gasteiger partial charge in [0.25, 0.3) is 5.91 Å². The fourth-order valence-corrected chi connectivity index (χ4v) is 2.72. The van der Waals surface area contributed by atoms with E-state index in [0.29, 0.717) is 23.6 Å². The summed E-state index contributed by atoms with van der Waals surface area (Å²) in [6.45, 7) is 0.643. The molecule has 6 heteroatoms. The van der Waals surface area contributed by atoms with E-state index in [2.05, 4.69) is 20.3 Å². The first-order valence-electron chi connectivity index (χ1n) is 7.33. The van der Waals surface area contributed by atoms with Crippen LogP contribution in [0.1, 0.15) is 16.1 Å². The number of H-pyrrole nitrogens is 1. The molecule has 1 aromatic carbocycles. The van der Waals surface area contributed by atoms with E-state index in [0.717, 1.165) is 23.4 Å². The molecule has 0 saturated carbocycles. The van der Waals surface area contributed by atoms with Crippen molar-refractivity contribution in [3.63, 3.8) is 0 Å². The molecule has 6 nitrogen and oxygen atoms in total. The van der Waals surface area contributed by atoms with E-state index in [1.165, 1.54) is 0 Å². The van der Waals surface area contributed by atoms with E-state index in [9.17, 15) is 9.90 Å². The second-order valence-electron chi connectivity index (χ2n) is 5.40. The molecule has 1 aliphatic rings. The third kappa shape index (κ3) is 2.44. The Morgan fingerprint density at radius 1 is 1.17 bits per heavy atom. The number of benzene rings is 1. The van der Waals surface area contributed by atoms with Crippen molar-refractivity contribution >= 4 is 5.91 Å². The molecule has 0 fully saturated rings. The number of hydrogen-bond acceptors (Lipinski definition) is 4. The molecular formula is C17H14N4O2. The highest BCUT2D eigenvalue weighted by Crippen LogP contribution is 2.25. The minimum absolute atomic E-state index is 0.0592. The molecule has 0 aliphatic carbocycles. The molecule has 0 atom stereocenters. The first kappa shape index (κ1) is 13.5. The standard InChI is InChI=1S/C17H14N4O2/c22-11-3-1-2-10(8-11)16-18-6-5-14(21-16)15-9-12-13(20-15)4-7-19-17(12)23/h1-3,5-6,8-9,20,22H,4,7H2,(H,19,23). The molecule has 3 N–H and O–H groups in total. The molecule has 0 saturated heterocycles. The van der Waals surface area contributed by atoms with Crippen LogP contribution < -0.4 is 5.32 Å². The van der Waals surface area contributed by atoms with Crippen molar-refractivity contribution in [2.24, 2.45) is 0 Å². The molecule has 0 bridgehead atoms. The third-order valence-electron chi connectivity index (χ3n) is 3.84. The molecule has 3 heterocycles. The number of aromatic amines is 1. The molecule has 1 amide bonds. The highest BCUT2D eigenvalue weighted by molar-refractivity contribution is 5.97. The van der Waals surface area contributed by atoms with Crippen molar-refractivity contribution in [1.29, 1.82) is 0 Å². The molecule has 2 aromatic heterocycles. The number of carbonyl (C=O) groups excluding carboxylic acids is 1. The van der Waals surface area contributed by atoms with Gasteiger partial charge in [0.05, 0.1) is 17.0 Å². The van der Waals surface area contributed by atoms with Crippen molar-refractivity contribution in [3.8, 4) is 28.5 Å². The first-order valence-corrected chi connectivity index (χ1v) is 7.33. The Morgan fingerprint density at radius 3 is 2.91 bits per heavy atom. The number of hydrogen-bond donors (Lipinski definition) is 3. The van der Waals surface area contributed by atoms with Crippen LogP contribution in [0.2, 0.25) is 0 Å². The van der Waals surface area contributed by atoms with E-state index < -0.39 is 0 Å². The summed E-state index contributed by atoms with van der Waals surface area (Å²) in [5.41, 5.74) is 3.84. The normalized spacial score (nSPS) is 13.5. The zero-order chi connectivity index (χ0) is 15.8. The number of aromatic hydroxyl groups is 1. The van der Waals surface area contributed by atoms with E-state index in [1.807, 2.05) is 12.1 Å². The summed E-state index contributed by atoms with van der Waals surface area (Å²) < 4.78 is 0. The van der Waals surface area contributed by atoms with Crippen LogP contribution in [0.15, 0.2) is 42.6 Å². The van der Waals surface area contributed by atoms with Gasteiger partial charge in [0.2, 0.25) is 0 Å². The Hall–Kier alpha value is -3.15. The van der Waals surface area contributed by atoms with Gasteiger partial charge in [-0.2, -0.15) is 0 Å². The number of fused-ring (bicyclic) bond motifs is 1. The summed E-state index contributed by atoms with van der Waals surface area (Å²) >= 11 is 0. The minimum Gasteiger partial charge on any atom is -0.508 e. The van der Waals surface area contributed by atoms with Gasteiger partial charge in [0, 0.05) is 30.4 Å². The predicted octanol–water partition coefficient (Wildman–Crippen LogP) is 2.13. The first-order chi connectivity index (χ1) is 11.2.